The van der Waals surface area contributed by atoms with Crippen LogP contribution in [-0.4, -0.2) is 9.78 Å². The molecule has 2 rings (SSSR count). The number of hydrogen-bond acceptors (Lipinski definition) is 1. The first-order valence-corrected chi connectivity index (χ1v) is 6.77. The molecule has 1 heterocycles. The molecule has 1 aliphatic carbocycles. The largest absolute Gasteiger partial charge is 0.268 e. The molecule has 2 heteroatoms. The fourth-order valence-corrected chi connectivity index (χ4v) is 2.07. The van der Waals surface area contributed by atoms with Crippen molar-refractivity contribution in [2.45, 2.75) is 71.8 Å². The summed E-state index contributed by atoms with van der Waals surface area (Å²) in [5, 5.41) is 4.84. The number of hydrogen-bond donors (Lipinski definition) is 0. The molecule has 0 atom stereocenters. The fraction of sp³-hybridized carbons (Fsp3) is 0.800. The summed E-state index contributed by atoms with van der Waals surface area (Å²) >= 11 is 0. The lowest BCUT2D eigenvalue weighted by Crippen LogP contribution is -2.19. The van der Waals surface area contributed by atoms with Gasteiger partial charge in [-0.2, -0.15) is 5.10 Å². The molecule has 0 N–H and O–H groups in total. The highest BCUT2D eigenvalue weighted by Crippen LogP contribution is 2.34. The van der Waals surface area contributed by atoms with Crippen molar-refractivity contribution in [1.82, 2.24) is 9.78 Å². The standard InChI is InChI=1S/C15H26N2/c1-14(2,3)12-9-13(15(4,5)6)17(16-12)10-11-7-8-11/h9,11H,7-8,10H2,1-6H3. The van der Waals surface area contributed by atoms with Crippen LogP contribution in [-0.2, 0) is 17.4 Å². The highest BCUT2D eigenvalue weighted by atomic mass is 15.3. The Morgan fingerprint density at radius 1 is 1.12 bits per heavy atom. The van der Waals surface area contributed by atoms with E-state index in [4.69, 9.17) is 5.10 Å². The van der Waals surface area contributed by atoms with E-state index >= 15 is 0 Å². The van der Waals surface area contributed by atoms with Crippen molar-refractivity contribution in [3.8, 4) is 0 Å². The quantitative estimate of drug-likeness (QED) is 0.759. The van der Waals surface area contributed by atoms with Crippen LogP contribution >= 0.6 is 0 Å². The van der Waals surface area contributed by atoms with Gasteiger partial charge >= 0.3 is 0 Å². The van der Waals surface area contributed by atoms with E-state index in [0.29, 0.717) is 0 Å². The topological polar surface area (TPSA) is 17.8 Å². The van der Waals surface area contributed by atoms with Gasteiger partial charge in [0.1, 0.15) is 0 Å². The zero-order chi connectivity index (χ0) is 12.8. The van der Waals surface area contributed by atoms with Crippen LogP contribution in [0.1, 0.15) is 65.8 Å². The van der Waals surface area contributed by atoms with Gasteiger partial charge in [-0.1, -0.05) is 41.5 Å². The van der Waals surface area contributed by atoms with E-state index in [1.165, 1.54) is 24.2 Å². The fourth-order valence-electron chi connectivity index (χ4n) is 2.07. The molecule has 0 radical (unpaired) electrons. The third-order valence-electron chi connectivity index (χ3n) is 3.44. The summed E-state index contributed by atoms with van der Waals surface area (Å²) in [5.41, 5.74) is 2.94. The van der Waals surface area contributed by atoms with Gasteiger partial charge in [0.25, 0.3) is 0 Å². The van der Waals surface area contributed by atoms with Crippen molar-refractivity contribution in [3.05, 3.63) is 17.5 Å². The van der Waals surface area contributed by atoms with Gasteiger partial charge in [0.2, 0.25) is 0 Å². The van der Waals surface area contributed by atoms with Crippen LogP contribution in [0.15, 0.2) is 6.07 Å². The van der Waals surface area contributed by atoms with E-state index < -0.39 is 0 Å². The highest BCUT2D eigenvalue weighted by molar-refractivity contribution is 5.22. The number of aromatic nitrogens is 2. The van der Waals surface area contributed by atoms with E-state index in [2.05, 4.69) is 52.3 Å². The molecule has 2 nitrogen and oxygen atoms in total. The van der Waals surface area contributed by atoms with Gasteiger partial charge in [0.15, 0.2) is 0 Å². The molecular weight excluding hydrogens is 208 g/mol. The van der Waals surface area contributed by atoms with E-state index in [0.717, 1.165) is 12.5 Å². The molecule has 1 aromatic rings. The van der Waals surface area contributed by atoms with Crippen LogP contribution in [0.3, 0.4) is 0 Å². The molecular formula is C15H26N2. The second-order valence-electron chi connectivity index (χ2n) is 7.54. The maximum atomic E-state index is 4.84. The Bertz CT molecular complexity index is 398. The summed E-state index contributed by atoms with van der Waals surface area (Å²) in [6.45, 7) is 14.7. The van der Waals surface area contributed by atoms with Crippen LogP contribution in [0, 0.1) is 5.92 Å². The van der Waals surface area contributed by atoms with Crippen molar-refractivity contribution in [2.75, 3.05) is 0 Å². The van der Waals surface area contributed by atoms with Crippen LogP contribution in [0.2, 0.25) is 0 Å². The van der Waals surface area contributed by atoms with Crippen LogP contribution in [0.25, 0.3) is 0 Å². The van der Waals surface area contributed by atoms with Gasteiger partial charge in [-0.3, -0.25) is 4.68 Å². The summed E-state index contributed by atoms with van der Waals surface area (Å²) in [4.78, 5) is 0. The minimum absolute atomic E-state index is 0.148. The van der Waals surface area contributed by atoms with Crippen molar-refractivity contribution < 1.29 is 0 Å². The smallest absolute Gasteiger partial charge is 0.0681 e. The average Bonchev–Trinajstić information content (AvgIpc) is 2.77. The molecule has 0 aliphatic heterocycles. The molecule has 0 aromatic carbocycles. The zero-order valence-corrected chi connectivity index (χ0v) is 12.2. The molecule has 1 aliphatic rings. The van der Waals surface area contributed by atoms with Gasteiger partial charge in [0.05, 0.1) is 5.69 Å². The second-order valence-corrected chi connectivity index (χ2v) is 7.54. The number of nitrogens with zero attached hydrogens (tertiary/aromatic N) is 2. The van der Waals surface area contributed by atoms with Crippen LogP contribution in [0.5, 0.6) is 0 Å². The summed E-state index contributed by atoms with van der Waals surface area (Å²) < 4.78 is 2.26. The van der Waals surface area contributed by atoms with Crippen molar-refractivity contribution in [2.24, 2.45) is 5.92 Å². The molecule has 1 saturated carbocycles. The first kappa shape index (κ1) is 12.7. The normalized spacial score (nSPS) is 17.5. The van der Waals surface area contributed by atoms with E-state index in [1.807, 2.05) is 0 Å². The zero-order valence-electron chi connectivity index (χ0n) is 12.2. The highest BCUT2D eigenvalue weighted by Gasteiger charge is 2.29. The second kappa shape index (κ2) is 3.86. The van der Waals surface area contributed by atoms with Crippen molar-refractivity contribution >= 4 is 0 Å². The Morgan fingerprint density at radius 3 is 2.12 bits per heavy atom. The Kier molecular flexibility index (Phi) is 2.87. The van der Waals surface area contributed by atoms with Crippen LogP contribution in [0.4, 0.5) is 0 Å². The van der Waals surface area contributed by atoms with Gasteiger partial charge in [-0.15, -0.1) is 0 Å². The maximum absolute atomic E-state index is 4.84. The lowest BCUT2D eigenvalue weighted by molar-refractivity contribution is 0.457. The Labute approximate surface area is 105 Å². The molecule has 0 bridgehead atoms. The summed E-state index contributed by atoms with van der Waals surface area (Å²) in [6.07, 6.45) is 2.77. The van der Waals surface area contributed by atoms with E-state index in [-0.39, 0.29) is 10.8 Å². The minimum Gasteiger partial charge on any atom is -0.268 e. The summed E-state index contributed by atoms with van der Waals surface area (Å²) in [7, 11) is 0. The SMILES string of the molecule is CC(C)(C)c1cc(C(C)(C)C)n(CC2CC2)n1. The third-order valence-corrected chi connectivity index (χ3v) is 3.44. The molecule has 1 aromatic heterocycles. The monoisotopic (exact) mass is 234 g/mol. The lowest BCUT2D eigenvalue weighted by atomic mass is 9.88. The summed E-state index contributed by atoms with van der Waals surface area (Å²) in [6, 6.07) is 2.31. The minimum atomic E-state index is 0.148. The molecule has 1 fully saturated rings. The number of rotatable bonds is 2. The molecule has 0 saturated heterocycles. The molecule has 96 valence electrons. The van der Waals surface area contributed by atoms with Gasteiger partial charge < -0.3 is 0 Å². The van der Waals surface area contributed by atoms with Crippen molar-refractivity contribution in [1.29, 1.82) is 0 Å². The van der Waals surface area contributed by atoms with E-state index in [9.17, 15) is 0 Å². The Hall–Kier alpha value is -0.790. The van der Waals surface area contributed by atoms with E-state index in [1.54, 1.807) is 0 Å². The molecule has 17 heavy (non-hydrogen) atoms. The van der Waals surface area contributed by atoms with Gasteiger partial charge in [-0.05, 0) is 24.8 Å². The Balaban J connectivity index is 2.36. The summed E-state index contributed by atoms with van der Waals surface area (Å²) in [5.74, 6) is 0.879. The van der Waals surface area contributed by atoms with Crippen molar-refractivity contribution in [3.63, 3.8) is 0 Å². The molecule has 0 spiro atoms. The third kappa shape index (κ3) is 2.91. The van der Waals surface area contributed by atoms with Gasteiger partial charge in [-0.25, -0.2) is 0 Å². The average molecular weight is 234 g/mol. The van der Waals surface area contributed by atoms with Gasteiger partial charge in [0, 0.05) is 23.1 Å². The first-order valence-electron chi connectivity index (χ1n) is 6.77. The predicted octanol–water partition coefficient (Wildman–Crippen LogP) is 3.89. The maximum Gasteiger partial charge on any atom is 0.0681 e. The predicted molar refractivity (Wildman–Crippen MR) is 72.4 cm³/mol. The van der Waals surface area contributed by atoms with Crippen LogP contribution < -0.4 is 0 Å². The first-order chi connectivity index (χ1) is 7.68. The Morgan fingerprint density at radius 2 is 1.71 bits per heavy atom. The lowest BCUT2D eigenvalue weighted by Gasteiger charge is -2.20. The molecule has 0 amide bonds. The molecule has 0 unspecified atom stereocenters.